The smallest absolute Gasteiger partial charge is 0.370 e. The number of amides is 1. The van der Waals surface area contributed by atoms with Crippen molar-refractivity contribution in [3.8, 4) is 44.5 Å². The Balaban J connectivity index is 0.902. The molecule has 28 nitrogen and oxygen atoms in total. The van der Waals surface area contributed by atoms with Crippen molar-refractivity contribution < 1.29 is 62.6 Å². The summed E-state index contributed by atoms with van der Waals surface area (Å²) >= 11 is 0. The molecule has 0 aliphatic carbocycles. The first-order valence-electron chi connectivity index (χ1n) is 38.7. The van der Waals surface area contributed by atoms with Crippen molar-refractivity contribution in [2.45, 2.75) is 90.1 Å². The molecular weight excluding hydrogens is 1410 g/mol. The van der Waals surface area contributed by atoms with Gasteiger partial charge < -0.3 is 83.8 Å². The number of aliphatic hydroxyl groups excluding tert-OH is 1. The lowest BCUT2D eigenvalue weighted by Gasteiger charge is -2.30. The normalized spacial score (nSPS) is 12.5. The van der Waals surface area contributed by atoms with Gasteiger partial charge in [-0.3, -0.25) is 14.6 Å². The van der Waals surface area contributed by atoms with Crippen molar-refractivity contribution in [1.82, 2.24) is 55.5 Å². The first kappa shape index (κ1) is 84.8. The van der Waals surface area contributed by atoms with Gasteiger partial charge in [0, 0.05) is 238 Å². The standard InChI is InChI=1S/C81H113N19O9Si/c1-110(2,3)55-7-54-109-60-65(101)24-43-94(44-26-83)47-32-87-33-49-96(48-31-86-30-25-82)53-51-93(50-52-95(45-27-84)46-28-85)34-6-4-5-29-88-74(102)56-97-35-16-61(17-36-97)78-66-8-10-68(89-66)79(62-18-37-98(38-19-62)57-75(103)104)70-12-14-72(91-70)81(64-22-41-100(42-23-64)59-77(107)108)73-15-13-71(92-73)80(69-11-9-67(78)90-69)63-20-39-99(40-21-63)58-76(105)106/h8-23,35-42,65,86-87,101H,4-7,24-34,43-60,82-85H2,1-3H3,(H2-3,88,89,90,91,92,102,103,104,105,106,107,108)/p+4. The molecule has 590 valence electrons. The number of carbonyl (C=O) groups is 4. The summed E-state index contributed by atoms with van der Waals surface area (Å²) in [6, 6.07) is 24.3. The summed E-state index contributed by atoms with van der Waals surface area (Å²) in [6.45, 7) is 23.9. The maximum Gasteiger partial charge on any atom is 0.370 e. The third kappa shape index (κ3) is 27.1. The minimum Gasteiger partial charge on any atom is -0.477 e. The molecular formula is C81H117N19O9Si+4. The predicted molar refractivity (Wildman–Crippen MR) is 433 cm³/mol. The maximum absolute atomic E-state index is 13.8. The minimum absolute atomic E-state index is 0.0996. The molecule has 29 heteroatoms. The highest BCUT2D eigenvalue weighted by Gasteiger charge is 2.24. The Hall–Kier alpha value is -9.18. The van der Waals surface area contributed by atoms with E-state index in [1.54, 1.807) is 50.9 Å². The van der Waals surface area contributed by atoms with E-state index in [0.29, 0.717) is 91.7 Å². The molecule has 0 saturated carbocycles. The molecule has 1 atom stereocenters. The Morgan fingerprint density at radius 3 is 1.15 bits per heavy atom. The van der Waals surface area contributed by atoms with Gasteiger partial charge in [-0.2, -0.15) is 18.3 Å². The van der Waals surface area contributed by atoms with E-state index < -0.39 is 32.1 Å². The van der Waals surface area contributed by atoms with E-state index in [2.05, 4.69) is 65.2 Å². The van der Waals surface area contributed by atoms with Gasteiger partial charge in [0.05, 0.1) is 35.5 Å². The molecule has 0 spiro atoms. The van der Waals surface area contributed by atoms with Gasteiger partial charge in [-0.05, 0) is 103 Å². The molecule has 1 unspecified atom stereocenters. The zero-order chi connectivity index (χ0) is 78.2. The van der Waals surface area contributed by atoms with Gasteiger partial charge in [0.15, 0.2) is 49.6 Å². The van der Waals surface area contributed by atoms with E-state index in [1.807, 2.05) is 114 Å². The van der Waals surface area contributed by atoms with Gasteiger partial charge in [0.1, 0.15) is 0 Å². The van der Waals surface area contributed by atoms with Crippen molar-refractivity contribution in [3.63, 3.8) is 0 Å². The van der Waals surface area contributed by atoms with Gasteiger partial charge in [-0.15, -0.1) is 0 Å². The summed E-state index contributed by atoms with van der Waals surface area (Å²) in [7, 11) is -1.10. The summed E-state index contributed by atoms with van der Waals surface area (Å²) in [6.07, 6.45) is 25.9. The van der Waals surface area contributed by atoms with Crippen molar-refractivity contribution in [3.05, 3.63) is 145 Å². The summed E-state index contributed by atoms with van der Waals surface area (Å²) in [5.41, 5.74) is 35.4. The van der Waals surface area contributed by atoms with Gasteiger partial charge in [-0.25, -0.2) is 24.4 Å². The van der Waals surface area contributed by atoms with Gasteiger partial charge in [0.25, 0.3) is 5.91 Å². The third-order valence-electron chi connectivity index (χ3n) is 19.5. The van der Waals surface area contributed by atoms with Crippen LogP contribution < -0.4 is 57.2 Å². The lowest BCUT2D eigenvalue weighted by molar-refractivity contribution is -0.685. The SMILES string of the molecule is C[Si](C)(C)CCCOCC(O)CCN(CCN)CCNCCN(CCNCCN)CCN(CCCCCNC(=O)C[n+]1ccc(-c2c3nc(c(-c4cc[n+](CC(=O)O)cc4)c4ccc([nH]4)c(-c4cc[n+](CC(=O)O)cc4)c4nc(c(-c5cc[n+](CC(=O)O)cc5)c5ccc2[nH]5)C=C4)C=C3)cc1)CCN(CCN)CCN. The van der Waals surface area contributed by atoms with Crippen LogP contribution in [0.5, 0.6) is 0 Å². The quantitative estimate of drug-likeness (QED) is 0.0147. The van der Waals surface area contributed by atoms with Gasteiger partial charge in [-0.1, -0.05) is 32.1 Å². The Bertz CT molecular complexity index is 4260. The number of aliphatic hydroxyl groups is 1. The number of carboxylic acid groups (broad SMARTS) is 3. The molecule has 0 radical (unpaired) electrons. The summed E-state index contributed by atoms with van der Waals surface area (Å²) in [5.74, 6) is -3.04. The molecule has 0 saturated heterocycles. The molecule has 1 amide bonds. The van der Waals surface area contributed by atoms with Crippen LogP contribution in [-0.2, 0) is 50.1 Å². The minimum atomic E-state index is -1.10. The number of ether oxygens (including phenoxy) is 1. The number of carboxylic acids is 3. The van der Waals surface area contributed by atoms with Crippen LogP contribution in [0.2, 0.25) is 25.7 Å². The number of rotatable bonds is 50. The summed E-state index contributed by atoms with van der Waals surface area (Å²) in [4.78, 5) is 77.1. The van der Waals surface area contributed by atoms with E-state index in [4.69, 9.17) is 37.6 Å². The highest BCUT2D eigenvalue weighted by Crippen LogP contribution is 2.38. The first-order valence-corrected chi connectivity index (χ1v) is 42.4. The van der Waals surface area contributed by atoms with Crippen molar-refractivity contribution >= 4 is 78.3 Å². The molecule has 2 aliphatic rings. The number of nitrogens with one attached hydrogen (secondary N) is 5. The van der Waals surface area contributed by atoms with E-state index in [0.717, 1.165) is 180 Å². The average Bonchev–Trinajstić information content (AvgIpc) is 1.61. The Morgan fingerprint density at radius 1 is 0.436 bits per heavy atom. The van der Waals surface area contributed by atoms with E-state index >= 15 is 0 Å². The average molecular weight is 1530 g/mol. The molecule has 9 rings (SSSR count). The number of hydrogen-bond acceptors (Lipinski definition) is 18. The van der Waals surface area contributed by atoms with E-state index in [-0.39, 0.29) is 32.1 Å². The number of nitrogens with zero attached hydrogens (tertiary/aromatic N) is 10. The van der Waals surface area contributed by atoms with Crippen LogP contribution in [0, 0.1) is 0 Å². The summed E-state index contributed by atoms with van der Waals surface area (Å²) < 4.78 is 12.4. The van der Waals surface area contributed by atoms with E-state index in [9.17, 15) is 39.6 Å². The zero-order valence-corrected chi connectivity index (χ0v) is 65.4. The van der Waals surface area contributed by atoms with Gasteiger partial charge in [0.2, 0.25) is 26.2 Å². The van der Waals surface area contributed by atoms with Crippen LogP contribution in [0.25, 0.3) is 90.9 Å². The number of carbonyl (C=O) groups excluding carboxylic acids is 1. The fourth-order valence-corrected chi connectivity index (χ4v) is 15.0. The lowest BCUT2D eigenvalue weighted by Crippen LogP contribution is -2.45. The highest BCUT2D eigenvalue weighted by molar-refractivity contribution is 6.76. The largest absolute Gasteiger partial charge is 0.477 e. The number of unbranched alkanes of at least 4 members (excludes halogenated alkanes) is 2. The topological polar surface area (TPSA) is 384 Å². The highest BCUT2D eigenvalue weighted by atomic mass is 28.3. The Morgan fingerprint density at radius 2 is 0.791 bits per heavy atom. The number of hydrogen-bond donors (Lipinski definition) is 13. The number of nitrogens with two attached hydrogens (primary N) is 4. The molecule has 7 aromatic rings. The van der Waals surface area contributed by atoms with Crippen LogP contribution >= 0.6 is 0 Å². The van der Waals surface area contributed by atoms with Gasteiger partial charge >= 0.3 is 17.9 Å². The number of pyridine rings is 4. The van der Waals surface area contributed by atoms with Crippen LogP contribution in [0.4, 0.5) is 0 Å². The molecule has 8 bridgehead atoms. The monoisotopic (exact) mass is 1530 g/mol. The fraction of sp³-hybridized carbons (Fsp3) is 0.457. The van der Waals surface area contributed by atoms with Crippen LogP contribution in [0.1, 0.15) is 54.9 Å². The lowest BCUT2D eigenvalue weighted by atomic mass is 10.0. The Kier molecular flexibility index (Phi) is 33.9. The second kappa shape index (κ2) is 44.0. The van der Waals surface area contributed by atoms with Crippen LogP contribution in [0.15, 0.2) is 122 Å². The van der Waals surface area contributed by atoms with Crippen LogP contribution in [0.3, 0.4) is 0 Å². The fourth-order valence-electron chi connectivity index (χ4n) is 13.8. The number of fused-ring (bicyclic) bond motifs is 8. The van der Waals surface area contributed by atoms with Crippen molar-refractivity contribution in [2.75, 3.05) is 151 Å². The second-order valence-electron chi connectivity index (χ2n) is 29.3. The number of aromatic nitrogens is 8. The molecule has 2 aliphatic heterocycles. The van der Waals surface area contributed by atoms with Crippen molar-refractivity contribution in [1.29, 1.82) is 0 Å². The number of aliphatic carboxylic acids is 3. The number of aromatic amines is 2. The van der Waals surface area contributed by atoms with E-state index in [1.165, 1.54) is 6.04 Å². The molecule has 17 N–H and O–H groups in total. The molecule has 0 aromatic carbocycles. The first-order chi connectivity index (χ1) is 53.3. The molecule has 0 fully saturated rings. The third-order valence-corrected chi connectivity index (χ3v) is 21.3. The second-order valence-corrected chi connectivity index (χ2v) is 35.0. The summed E-state index contributed by atoms with van der Waals surface area (Å²) in [5, 5.41) is 50.0. The zero-order valence-electron chi connectivity index (χ0n) is 64.4. The molecule has 7 aromatic heterocycles. The number of H-pyrrole nitrogens is 2. The molecule has 9 heterocycles. The maximum atomic E-state index is 13.8. The Labute approximate surface area is 646 Å². The van der Waals surface area contributed by atoms with Crippen molar-refractivity contribution in [2.24, 2.45) is 22.9 Å². The van der Waals surface area contributed by atoms with Crippen LogP contribution in [-0.4, -0.2) is 249 Å². The predicted octanol–water partition coefficient (Wildman–Crippen LogP) is 3.73. The molecule has 110 heavy (non-hydrogen) atoms.